The summed E-state index contributed by atoms with van der Waals surface area (Å²) in [7, 11) is 0. The van der Waals surface area contributed by atoms with Crippen molar-refractivity contribution < 1.29 is 9.59 Å². The number of fused-ring (bicyclic) bond motifs is 10. The molecule has 2 aliphatic rings. The molecule has 2 saturated heterocycles. The van der Waals surface area contributed by atoms with Gasteiger partial charge in [-0.1, -0.05) is 98.8 Å². The number of aromatic nitrogens is 33. The van der Waals surface area contributed by atoms with E-state index in [0.717, 1.165) is 106 Å². The lowest BCUT2D eigenvalue weighted by atomic mass is 10.0. The van der Waals surface area contributed by atoms with Crippen molar-refractivity contribution in [3.63, 3.8) is 0 Å². The van der Waals surface area contributed by atoms with Gasteiger partial charge in [0.25, 0.3) is 5.24 Å². The lowest BCUT2D eigenvalue weighted by molar-refractivity contribution is -0.125. The van der Waals surface area contributed by atoms with Gasteiger partial charge < -0.3 is 0 Å². The summed E-state index contributed by atoms with van der Waals surface area (Å²) in [6, 6.07) is 51.4. The molecule has 2 amide bonds. The van der Waals surface area contributed by atoms with Gasteiger partial charge in [-0.25, -0.2) is 43.3 Å². The Balaban J connectivity index is 0.000000155. The zero-order chi connectivity index (χ0) is 110. The van der Waals surface area contributed by atoms with Gasteiger partial charge in [0.1, 0.15) is 49.7 Å². The molecule has 2 aliphatic heterocycles. The number of thioether (sulfide) groups is 1. The van der Waals surface area contributed by atoms with Gasteiger partial charge in [-0.3, -0.25) is 43.4 Å². The minimum Gasteiger partial charge on any atom is -0.298 e. The Bertz CT molecular complexity index is 6530. The summed E-state index contributed by atoms with van der Waals surface area (Å²) in [5, 5.41) is 74.8. The number of imide groups is 1. The highest BCUT2D eigenvalue weighted by atomic mass is 32.2. The molecule has 0 radical (unpaired) electrons. The van der Waals surface area contributed by atoms with Crippen molar-refractivity contribution in [1.82, 2.24) is 174 Å². The summed E-state index contributed by atoms with van der Waals surface area (Å²) in [5.41, 5.74) is 15.9. The summed E-state index contributed by atoms with van der Waals surface area (Å²) in [4.78, 5) is 53.8. The molecule has 38 heteroatoms. The third-order valence-electron chi connectivity index (χ3n) is 22.9. The molecule has 0 unspecified atom stereocenters. The molecule has 0 bridgehead atoms. The van der Waals surface area contributed by atoms with Crippen LogP contribution >= 0.6 is 11.8 Å². The van der Waals surface area contributed by atoms with Crippen molar-refractivity contribution in [1.29, 1.82) is 0 Å². The molecular weight excluding hydrogens is 1900 g/mol. The monoisotopic (exact) mass is 2050 g/mol. The SMILES string of the molecule is CC(C)(C)N1CCCCC1.CC(C)(C)n1cc2ccccc2n1.CC(C)(C)n1cc2cccnc2n1.CC(C)(C)n1cc2ccncc2n1.CC(C)(C)n1nc2ccccc2n1.CC(C)(C)n1nc2cccnc2n1.CC(C)(C)n1nnc2ccccc21.CC(C)(C)n1nnc2ccccc21.CC(C)(C)n1nnc2cccnc21.CC(C)(C)n1nnc2cnccc21.CC(C)(C)n1nnc2ncccc21.CC(C)N1C(=O)CSC1=O. The predicted octanol–water partition coefficient (Wildman–Crippen LogP) is 23.4. The normalized spacial score (nSPS) is 13.4. The highest BCUT2D eigenvalue weighted by Crippen LogP contribution is 2.29. The molecule has 20 aromatic rings. The third kappa shape index (κ3) is 31.8. The van der Waals surface area contributed by atoms with Gasteiger partial charge in [0.05, 0.1) is 95.6 Å². The molecule has 16 aromatic heterocycles. The van der Waals surface area contributed by atoms with Crippen LogP contribution < -0.4 is 0 Å². The predicted molar refractivity (Wildman–Crippen MR) is 604 cm³/mol. The number of likely N-dealkylation sites (tertiary alicyclic amines) is 1. The highest BCUT2D eigenvalue weighted by molar-refractivity contribution is 8.14. The molecular formula is C112H155N35O2S. The Morgan fingerprint density at radius 1 is 0.273 bits per heavy atom. The van der Waals surface area contributed by atoms with Crippen LogP contribution in [0.4, 0.5) is 4.79 Å². The first-order chi connectivity index (χ1) is 70.0. The number of pyridine rings is 6. The Labute approximate surface area is 885 Å². The highest BCUT2D eigenvalue weighted by Gasteiger charge is 2.33. The van der Waals surface area contributed by atoms with E-state index in [1.54, 1.807) is 59.2 Å². The number of hydrogen-bond donors (Lipinski definition) is 0. The first-order valence-corrected chi connectivity index (χ1v) is 51.9. The van der Waals surface area contributed by atoms with Crippen molar-refractivity contribution in [3.05, 3.63) is 226 Å². The summed E-state index contributed by atoms with van der Waals surface area (Å²) in [6.45, 7) is 76.4. The molecule has 796 valence electrons. The van der Waals surface area contributed by atoms with Gasteiger partial charge in [0, 0.05) is 83.5 Å². The largest absolute Gasteiger partial charge is 0.298 e. The zero-order valence-corrected chi connectivity index (χ0v) is 95.4. The molecule has 150 heavy (non-hydrogen) atoms. The number of piperidine rings is 1. The molecule has 18 heterocycles. The van der Waals surface area contributed by atoms with Crippen LogP contribution in [0.25, 0.3) is 110 Å². The summed E-state index contributed by atoms with van der Waals surface area (Å²) in [5.74, 6) is 0.252. The smallest absolute Gasteiger partial charge is 0.289 e. The van der Waals surface area contributed by atoms with Crippen LogP contribution in [0.5, 0.6) is 0 Å². The minimum atomic E-state index is -0.111. The Morgan fingerprint density at radius 3 is 1.09 bits per heavy atom. The number of carbonyl (C=O) groups excluding carboxylic acids is 2. The van der Waals surface area contributed by atoms with Crippen molar-refractivity contribution in [2.75, 3.05) is 18.8 Å². The standard InChI is InChI=1S/C11H14N2.5C10H13N3.4C9H12N4.C9H19N.C6H9NO2S/c1-11(2,3)13-8-9-6-4-5-7-10(9)12-13;1-10(2,3)13-7-8-4-5-11-6-9(8)12-13;1-10(2,3)13-7-8-5-4-6-11-9(8)12-13;2*1-10(2,3)13-9-7-5-4-6-8(9)11-12-13;1-10(2,3)13-11-8-6-4-5-7-9(8)12-13;1-9(2,3)13-8-4-5-10-6-7(8)11-12-13;1-9(2,3)13-7-5-4-6-10-8(7)11-12-13;1-9(2,3)13-8-7(11-12-13)5-4-6-10-8;1-9(2,3)13-11-7-5-4-6-10-8(7)12-13;1-9(2,3)10-7-5-4-6-8-10;1-4(2)7-5(8)3-10-6(7)9/h4-8H,1-3H3;5*4-7H,1-3H3;4*4-6H,1-3H3;4-8H2,1-3H3;4H,3H2,1-2H3. The van der Waals surface area contributed by atoms with Crippen LogP contribution in [0.2, 0.25) is 0 Å². The number of benzene rings is 4. The van der Waals surface area contributed by atoms with E-state index in [1.165, 1.54) is 42.6 Å². The van der Waals surface area contributed by atoms with Gasteiger partial charge in [0.2, 0.25) is 17.2 Å². The van der Waals surface area contributed by atoms with Crippen LogP contribution in [-0.2, 0) is 60.2 Å². The van der Waals surface area contributed by atoms with Gasteiger partial charge in [-0.2, -0.15) is 40.2 Å². The van der Waals surface area contributed by atoms with Crippen molar-refractivity contribution in [2.24, 2.45) is 0 Å². The Hall–Kier alpha value is -14.6. The molecule has 0 N–H and O–H groups in total. The fourth-order valence-electron chi connectivity index (χ4n) is 14.8. The van der Waals surface area contributed by atoms with Gasteiger partial charge in [-0.15, -0.1) is 30.6 Å². The summed E-state index contributed by atoms with van der Waals surface area (Å²) in [6.07, 6.45) is 24.5. The number of rotatable bonds is 1. The molecule has 22 rings (SSSR count). The summed E-state index contributed by atoms with van der Waals surface area (Å²) < 4.78 is 15.5. The molecule has 37 nitrogen and oxygen atoms in total. The van der Waals surface area contributed by atoms with Crippen molar-refractivity contribution >= 4 is 133 Å². The molecule has 0 aliphatic carbocycles. The lowest BCUT2D eigenvalue weighted by Gasteiger charge is -2.38. The van der Waals surface area contributed by atoms with E-state index in [9.17, 15) is 9.59 Å². The number of para-hydroxylation sites is 2. The number of carbonyl (C=O) groups is 2. The van der Waals surface area contributed by atoms with E-state index in [1.807, 2.05) is 209 Å². The first kappa shape index (κ1) is 116. The second-order valence-corrected chi connectivity index (χ2v) is 48.7. The van der Waals surface area contributed by atoms with Crippen LogP contribution in [0.1, 0.15) is 262 Å². The fraction of sp³-hybridized carbons (Fsp3) is 0.473. The van der Waals surface area contributed by atoms with E-state index in [4.69, 9.17) is 0 Å². The number of hydrogen-bond acceptors (Lipinski definition) is 27. The maximum absolute atomic E-state index is 10.9. The average Bonchev–Trinajstić information content (AvgIpc) is 1.67. The van der Waals surface area contributed by atoms with Crippen LogP contribution in [-0.4, -0.2) is 216 Å². The van der Waals surface area contributed by atoms with Crippen LogP contribution in [0.3, 0.4) is 0 Å². The quantitative estimate of drug-likeness (QED) is 0.147. The zero-order valence-electron chi connectivity index (χ0n) is 94.6. The van der Waals surface area contributed by atoms with E-state index in [0.29, 0.717) is 22.6 Å². The number of amides is 2. The lowest BCUT2D eigenvalue weighted by Crippen LogP contribution is -2.44. The Kier molecular flexibility index (Phi) is 37.0. The molecule has 0 spiro atoms. The maximum atomic E-state index is 10.9. The fourth-order valence-corrected chi connectivity index (χ4v) is 15.7. The van der Waals surface area contributed by atoms with Gasteiger partial charge in [-0.05, 0) is 371 Å². The van der Waals surface area contributed by atoms with E-state index in [-0.39, 0.29) is 72.6 Å². The third-order valence-corrected chi connectivity index (χ3v) is 23.7. The van der Waals surface area contributed by atoms with Crippen molar-refractivity contribution in [3.8, 4) is 0 Å². The van der Waals surface area contributed by atoms with Gasteiger partial charge in [0.15, 0.2) is 11.3 Å². The maximum Gasteiger partial charge on any atom is 0.289 e. The van der Waals surface area contributed by atoms with Crippen LogP contribution in [0, 0.1) is 0 Å². The second kappa shape index (κ2) is 47.9. The average molecular weight is 2060 g/mol. The van der Waals surface area contributed by atoms with E-state index >= 15 is 0 Å². The van der Waals surface area contributed by atoms with E-state index < -0.39 is 0 Å². The topological polar surface area (TPSA) is 386 Å². The molecule has 4 aromatic carbocycles. The second-order valence-electron chi connectivity index (χ2n) is 47.8. The molecule has 0 saturated carbocycles. The molecule has 2 fully saturated rings. The molecule has 0 atom stereocenters. The minimum absolute atomic E-state index is 0.00387. The van der Waals surface area contributed by atoms with Crippen molar-refractivity contribution in [2.45, 2.75) is 329 Å². The Morgan fingerprint density at radius 2 is 0.633 bits per heavy atom. The van der Waals surface area contributed by atoms with E-state index in [2.05, 4.69) is 369 Å². The first-order valence-electron chi connectivity index (χ1n) is 51.0. The number of nitrogens with zero attached hydrogens (tertiary/aromatic N) is 35. The van der Waals surface area contributed by atoms with Gasteiger partial charge >= 0.3 is 0 Å². The summed E-state index contributed by atoms with van der Waals surface area (Å²) >= 11 is 1.08. The van der Waals surface area contributed by atoms with Crippen LogP contribution in [0.15, 0.2) is 226 Å².